The molecule has 0 bridgehead atoms. The highest BCUT2D eigenvalue weighted by Gasteiger charge is 2.35. The molecule has 0 aromatic heterocycles. The van der Waals surface area contributed by atoms with Crippen molar-refractivity contribution in [2.24, 2.45) is 11.8 Å². The average Bonchev–Trinajstić information content (AvgIpc) is 2.62. The van der Waals surface area contributed by atoms with Gasteiger partial charge in [-0.15, -0.1) is 0 Å². The van der Waals surface area contributed by atoms with Crippen LogP contribution < -0.4 is 0 Å². The summed E-state index contributed by atoms with van der Waals surface area (Å²) in [6, 6.07) is 3.16. The highest BCUT2D eigenvalue weighted by atomic mass is 15.2. The van der Waals surface area contributed by atoms with Gasteiger partial charge in [0.2, 0.25) is 0 Å². The van der Waals surface area contributed by atoms with E-state index in [1.54, 1.807) is 0 Å². The molecule has 1 heterocycles. The first-order chi connectivity index (χ1) is 6.81. The lowest BCUT2D eigenvalue weighted by Gasteiger charge is -2.32. The Kier molecular flexibility index (Phi) is 3.08. The summed E-state index contributed by atoms with van der Waals surface area (Å²) in [7, 11) is 0. The zero-order chi connectivity index (χ0) is 9.97. The first kappa shape index (κ1) is 9.98. The largest absolute Gasteiger partial charge is 0.299 e. The van der Waals surface area contributed by atoms with Crippen molar-refractivity contribution in [2.45, 2.75) is 45.1 Å². The zero-order valence-corrected chi connectivity index (χ0v) is 9.08. The van der Waals surface area contributed by atoms with Crippen LogP contribution in [0.2, 0.25) is 0 Å². The number of fused-ring (bicyclic) bond motifs is 1. The summed E-state index contributed by atoms with van der Waals surface area (Å²) >= 11 is 0. The highest BCUT2D eigenvalue weighted by Crippen LogP contribution is 2.36. The molecule has 0 spiro atoms. The van der Waals surface area contributed by atoms with Gasteiger partial charge < -0.3 is 0 Å². The number of likely N-dealkylation sites (tertiary alicyclic amines) is 1. The molecule has 14 heavy (non-hydrogen) atoms. The van der Waals surface area contributed by atoms with Crippen molar-refractivity contribution < 1.29 is 0 Å². The monoisotopic (exact) mass is 192 g/mol. The van der Waals surface area contributed by atoms with Crippen molar-refractivity contribution >= 4 is 0 Å². The number of nitrogens with zero attached hydrogens (tertiary/aromatic N) is 2. The minimum absolute atomic E-state index is 0.204. The van der Waals surface area contributed by atoms with Gasteiger partial charge in [0.25, 0.3) is 0 Å². The molecule has 2 aliphatic rings. The van der Waals surface area contributed by atoms with Crippen LogP contribution in [0.25, 0.3) is 0 Å². The van der Waals surface area contributed by atoms with Gasteiger partial charge in [-0.3, -0.25) is 4.90 Å². The van der Waals surface area contributed by atoms with Crippen molar-refractivity contribution in [1.82, 2.24) is 4.90 Å². The van der Waals surface area contributed by atoms with Crippen LogP contribution in [-0.4, -0.2) is 24.0 Å². The van der Waals surface area contributed by atoms with Crippen molar-refractivity contribution in [2.75, 3.05) is 13.1 Å². The second-order valence-corrected chi connectivity index (χ2v) is 4.93. The van der Waals surface area contributed by atoms with Crippen molar-refractivity contribution in [3.8, 4) is 6.07 Å². The molecular weight excluding hydrogens is 172 g/mol. The minimum Gasteiger partial charge on any atom is -0.299 e. The standard InChI is InChI=1S/C12H20N2/c1-10(8-13)9-14-7-6-11-4-2-3-5-12(11)14/h10-12H,2-7,9H2,1H3. The summed E-state index contributed by atoms with van der Waals surface area (Å²) in [6.45, 7) is 4.27. The number of hydrogen-bond acceptors (Lipinski definition) is 2. The van der Waals surface area contributed by atoms with Crippen LogP contribution in [0, 0.1) is 23.2 Å². The van der Waals surface area contributed by atoms with Crippen LogP contribution in [0.1, 0.15) is 39.0 Å². The third-order valence-electron chi connectivity index (χ3n) is 3.85. The molecule has 0 N–H and O–H groups in total. The van der Waals surface area contributed by atoms with Gasteiger partial charge in [-0.05, 0) is 38.6 Å². The molecule has 2 fully saturated rings. The quantitative estimate of drug-likeness (QED) is 0.672. The van der Waals surface area contributed by atoms with E-state index in [9.17, 15) is 0 Å². The maximum absolute atomic E-state index is 8.81. The fourth-order valence-electron chi connectivity index (χ4n) is 3.12. The van der Waals surface area contributed by atoms with Crippen molar-refractivity contribution in [3.05, 3.63) is 0 Å². The molecule has 3 atom stereocenters. The second-order valence-electron chi connectivity index (χ2n) is 4.93. The van der Waals surface area contributed by atoms with Crippen molar-refractivity contribution in [3.63, 3.8) is 0 Å². The second kappa shape index (κ2) is 4.31. The van der Waals surface area contributed by atoms with Crippen molar-refractivity contribution in [1.29, 1.82) is 5.26 Å². The Balaban J connectivity index is 1.91. The molecule has 3 unspecified atom stereocenters. The summed E-state index contributed by atoms with van der Waals surface area (Å²) in [4.78, 5) is 2.57. The van der Waals surface area contributed by atoms with E-state index < -0.39 is 0 Å². The Hall–Kier alpha value is -0.550. The van der Waals surface area contributed by atoms with Crippen LogP contribution >= 0.6 is 0 Å². The smallest absolute Gasteiger partial charge is 0.0666 e. The molecule has 2 rings (SSSR count). The van der Waals surface area contributed by atoms with Crippen LogP contribution in [-0.2, 0) is 0 Å². The topological polar surface area (TPSA) is 27.0 Å². The van der Waals surface area contributed by atoms with E-state index in [-0.39, 0.29) is 5.92 Å². The average molecular weight is 192 g/mol. The van der Waals surface area contributed by atoms with Gasteiger partial charge in [-0.1, -0.05) is 12.8 Å². The lowest BCUT2D eigenvalue weighted by Crippen LogP contribution is -2.37. The first-order valence-corrected chi connectivity index (χ1v) is 5.95. The minimum atomic E-state index is 0.204. The predicted molar refractivity (Wildman–Crippen MR) is 56.7 cm³/mol. The molecule has 0 radical (unpaired) electrons. The van der Waals surface area contributed by atoms with E-state index in [4.69, 9.17) is 5.26 Å². The van der Waals surface area contributed by atoms with E-state index in [1.165, 1.54) is 38.6 Å². The normalized spacial score (nSPS) is 34.9. The maximum Gasteiger partial charge on any atom is 0.0666 e. The predicted octanol–water partition coefficient (Wildman–Crippen LogP) is 2.41. The van der Waals surface area contributed by atoms with Crippen LogP contribution in [0.15, 0.2) is 0 Å². The van der Waals surface area contributed by atoms with Gasteiger partial charge in [-0.2, -0.15) is 5.26 Å². The summed E-state index contributed by atoms with van der Waals surface area (Å²) in [6.07, 6.45) is 7.02. The molecule has 1 saturated carbocycles. The molecule has 0 aromatic rings. The van der Waals surface area contributed by atoms with E-state index >= 15 is 0 Å². The fraction of sp³-hybridized carbons (Fsp3) is 0.917. The van der Waals surface area contributed by atoms with Gasteiger partial charge >= 0.3 is 0 Å². The van der Waals surface area contributed by atoms with Gasteiger partial charge in [0, 0.05) is 12.6 Å². The molecule has 2 nitrogen and oxygen atoms in total. The van der Waals surface area contributed by atoms with E-state index in [0.717, 1.165) is 18.5 Å². The molecule has 2 heteroatoms. The van der Waals surface area contributed by atoms with E-state index in [1.807, 2.05) is 6.92 Å². The van der Waals surface area contributed by atoms with Crippen LogP contribution in [0.3, 0.4) is 0 Å². The third-order valence-corrected chi connectivity index (χ3v) is 3.85. The summed E-state index contributed by atoms with van der Waals surface area (Å²) in [5.41, 5.74) is 0. The lowest BCUT2D eigenvalue weighted by atomic mass is 9.85. The van der Waals surface area contributed by atoms with Gasteiger partial charge in [0.15, 0.2) is 0 Å². The van der Waals surface area contributed by atoms with Crippen LogP contribution in [0.4, 0.5) is 0 Å². The molecule has 1 aliphatic heterocycles. The first-order valence-electron chi connectivity index (χ1n) is 5.95. The Bertz CT molecular complexity index is 231. The molecule has 0 aromatic carbocycles. The maximum atomic E-state index is 8.81. The fourth-order valence-corrected chi connectivity index (χ4v) is 3.12. The molecule has 78 valence electrons. The summed E-state index contributed by atoms with van der Waals surface area (Å²) in [5, 5.41) is 8.81. The zero-order valence-electron chi connectivity index (χ0n) is 9.08. The number of hydrogen-bond donors (Lipinski definition) is 0. The van der Waals surface area contributed by atoms with Crippen LogP contribution in [0.5, 0.6) is 0 Å². The number of rotatable bonds is 2. The Morgan fingerprint density at radius 1 is 1.36 bits per heavy atom. The third kappa shape index (κ3) is 1.93. The van der Waals surface area contributed by atoms with E-state index in [0.29, 0.717) is 0 Å². The summed E-state index contributed by atoms with van der Waals surface area (Å²) in [5.74, 6) is 1.16. The van der Waals surface area contributed by atoms with E-state index in [2.05, 4.69) is 11.0 Å². The molecule has 1 saturated heterocycles. The Morgan fingerprint density at radius 2 is 2.14 bits per heavy atom. The number of nitriles is 1. The van der Waals surface area contributed by atoms with Gasteiger partial charge in [0.1, 0.15) is 0 Å². The Morgan fingerprint density at radius 3 is 2.93 bits per heavy atom. The molecule has 0 amide bonds. The molecular formula is C12H20N2. The van der Waals surface area contributed by atoms with Gasteiger partial charge in [0.05, 0.1) is 12.0 Å². The molecule has 1 aliphatic carbocycles. The lowest BCUT2D eigenvalue weighted by molar-refractivity contribution is 0.173. The highest BCUT2D eigenvalue weighted by molar-refractivity contribution is 4.92. The Labute approximate surface area is 86.9 Å². The van der Waals surface area contributed by atoms with Gasteiger partial charge in [-0.25, -0.2) is 0 Å². The SMILES string of the molecule is CC(C#N)CN1CCC2CCCCC21. The summed E-state index contributed by atoms with van der Waals surface area (Å²) < 4.78 is 0.